The SMILES string of the molecule is OCCCNC[C@H]1O[C@@H]2O[C@H]3[C@H](O)[C@@H](O)[C@@H](O[C@H]4[C@H](O)[C@@H](O)[C@@H](O[C@H]5[C@H](O)[C@@H](O)[C@@H](O[C@H]6[C@H](O)[C@@H](O)[C@@H](O[C@H]7[C@H](O)[C@@H](O)[C@@H](O[C@H]8[C@H](O)[C@@H](O)[C@@H](O[C@H]1[C@H](O)[C@H]2O)O[C@@H]8CO)O[C@@H]7CO)O[C@@H]6CO)O[C@@H]5CO)O[C@@H]4CO)O[C@@H]3CO. The molecule has 21 saturated heterocycles. The van der Waals surface area contributed by atoms with Gasteiger partial charge in [-0.2, -0.15) is 0 Å². The molecule has 21 heterocycles. The zero-order valence-corrected chi connectivity index (χ0v) is 42.9. The number of rotatable bonds is 11. The highest BCUT2D eigenvalue weighted by Gasteiger charge is 2.59. The molecule has 36 nitrogen and oxygen atoms in total. The fraction of sp³-hybridized carbons (Fsp3) is 1.00. The van der Waals surface area contributed by atoms with Gasteiger partial charge in [0.05, 0.1) is 39.6 Å². The van der Waals surface area contributed by atoms with Crippen LogP contribution in [0.2, 0.25) is 0 Å². The van der Waals surface area contributed by atoms with Gasteiger partial charge in [0.2, 0.25) is 0 Å². The molecule has 0 amide bonds. The van der Waals surface area contributed by atoms with Crippen LogP contribution in [-0.4, -0.2) is 382 Å². The molecule has 21 aliphatic heterocycles. The van der Waals surface area contributed by atoms with Crippen LogP contribution in [0.15, 0.2) is 0 Å². The van der Waals surface area contributed by atoms with Crippen LogP contribution >= 0.6 is 0 Å². The van der Waals surface area contributed by atoms with Crippen molar-refractivity contribution in [1.82, 2.24) is 5.32 Å². The minimum Gasteiger partial charge on any atom is -0.396 e. The Morgan fingerprint density at radius 1 is 0.222 bits per heavy atom. The van der Waals surface area contributed by atoms with Crippen molar-refractivity contribution in [2.75, 3.05) is 59.3 Å². The average Bonchev–Trinajstić information content (AvgIpc) is 3.47. The Morgan fingerprint density at radius 2 is 0.395 bits per heavy atom. The summed E-state index contributed by atoms with van der Waals surface area (Å²) in [6.07, 6.45) is -69.2. The third-order valence-corrected chi connectivity index (χ3v) is 15.5. The fourth-order valence-electron chi connectivity index (χ4n) is 10.9. The van der Waals surface area contributed by atoms with Crippen molar-refractivity contribution in [3.63, 3.8) is 0 Å². The molecule has 0 radical (unpaired) electrons. The van der Waals surface area contributed by atoms with Gasteiger partial charge in [-0.15, -0.1) is 0 Å². The van der Waals surface area contributed by atoms with E-state index in [1.54, 1.807) is 0 Å². The Hall–Kier alpha value is -1.44. The fourth-order valence-corrected chi connectivity index (χ4v) is 10.9. The van der Waals surface area contributed by atoms with Gasteiger partial charge in [-0.3, -0.25) is 0 Å². The second-order valence-corrected chi connectivity index (χ2v) is 20.8. The van der Waals surface area contributed by atoms with E-state index in [2.05, 4.69) is 5.32 Å². The van der Waals surface area contributed by atoms with Crippen molar-refractivity contribution < 1.29 is 174 Å². The third-order valence-electron chi connectivity index (χ3n) is 15.5. The van der Waals surface area contributed by atoms with Crippen LogP contribution in [-0.2, 0) is 66.3 Å². The lowest BCUT2D eigenvalue weighted by Crippen LogP contribution is -2.68. The van der Waals surface area contributed by atoms with E-state index in [1.165, 1.54) is 0 Å². The van der Waals surface area contributed by atoms with Crippen molar-refractivity contribution in [1.29, 1.82) is 0 Å². The molecular weight excluding hydrogens is 1110 g/mol. The van der Waals surface area contributed by atoms with E-state index in [9.17, 15) is 107 Å². The van der Waals surface area contributed by atoms with Crippen LogP contribution in [0.4, 0.5) is 0 Å². The predicted octanol–water partition coefficient (Wildman–Crippen LogP) is -15.3. The number of ether oxygens (including phenoxy) is 14. The van der Waals surface area contributed by atoms with Gasteiger partial charge in [0.15, 0.2) is 44.0 Å². The molecule has 0 aliphatic carbocycles. The van der Waals surface area contributed by atoms with Gasteiger partial charge >= 0.3 is 0 Å². The summed E-state index contributed by atoms with van der Waals surface area (Å²) in [6.45, 7) is -6.68. The zero-order valence-electron chi connectivity index (χ0n) is 42.9. The van der Waals surface area contributed by atoms with Crippen LogP contribution in [0, 0.1) is 0 Å². The molecule has 35 atom stereocenters. The summed E-state index contributed by atoms with van der Waals surface area (Å²) in [4.78, 5) is 0. The van der Waals surface area contributed by atoms with Crippen LogP contribution < -0.4 is 5.32 Å². The highest BCUT2D eigenvalue weighted by atomic mass is 16.8. The molecule has 0 aromatic carbocycles. The van der Waals surface area contributed by atoms with Crippen molar-refractivity contribution in [2.24, 2.45) is 0 Å². The minimum atomic E-state index is -2.21. The maximum Gasteiger partial charge on any atom is 0.187 e. The lowest BCUT2D eigenvalue weighted by molar-refractivity contribution is -0.396. The maximum atomic E-state index is 11.6. The standard InChI is InChI=1S/C45H77NO35/c47-3-1-2-46-4-11-32-18(54)25(61)39(68-11)76-33-12(5-48)70-41(27(63)20(33)56)78-35-14(7-50)72-43(29(65)22(35)58)80-37-16(9-52)74-45(31(67)24(37)60)81-38-17(10-53)73-44(30(66)23(38)59)79-36-15(8-51)71-42(28(64)21(36)57)77-34-13(6-49)69-40(75-32)26(62)19(34)55/h11-67H,1-10H2/t11-,12-,13-,14-,15-,16-,17-,18-,19-,20-,21-,22-,23-,24-,25-,26-,27-,28-,29-,30-,31-,32-,33-,34-,35-,36-,37-,38-,39-,40-,41-,42-,43-,44-,45-/m1/s1. The van der Waals surface area contributed by atoms with Crippen LogP contribution in [0.1, 0.15) is 6.42 Å². The van der Waals surface area contributed by atoms with Gasteiger partial charge in [-0.05, 0) is 13.0 Å². The van der Waals surface area contributed by atoms with E-state index in [0.717, 1.165) is 0 Å². The lowest BCUT2D eigenvalue weighted by atomic mass is 9.95. The molecule has 0 spiro atoms. The van der Waals surface area contributed by atoms with Gasteiger partial charge in [0.25, 0.3) is 0 Å². The molecule has 21 rings (SSSR count). The molecule has 21 fully saturated rings. The normalized spacial score (nSPS) is 53.2. The first-order valence-electron chi connectivity index (χ1n) is 26.3. The van der Waals surface area contributed by atoms with Gasteiger partial charge in [0.1, 0.15) is 171 Å². The highest BCUT2D eigenvalue weighted by molar-refractivity contribution is 5.02. The minimum absolute atomic E-state index is 0.124. The summed E-state index contributed by atoms with van der Waals surface area (Å²) in [5, 5.41) is 234. The monoisotopic (exact) mass is 1190 g/mol. The molecule has 81 heavy (non-hydrogen) atoms. The Bertz CT molecular complexity index is 1890. The zero-order chi connectivity index (χ0) is 58.9. The maximum absolute atomic E-state index is 11.6. The summed E-state index contributed by atoms with van der Waals surface area (Å²) in [7, 11) is 0. The quantitative estimate of drug-likeness (QED) is 0.0854. The molecule has 0 aromatic rings. The first kappa shape index (κ1) is 65.5. The number of nitrogens with one attached hydrogen (secondary N) is 1. The molecule has 14 bridgehead atoms. The smallest absolute Gasteiger partial charge is 0.187 e. The number of aliphatic hydroxyl groups is 21. The van der Waals surface area contributed by atoms with Crippen molar-refractivity contribution in [3.8, 4) is 0 Å². The summed E-state index contributed by atoms with van der Waals surface area (Å²) in [5.74, 6) is 0. The molecule has 0 aromatic heterocycles. The molecule has 0 saturated carbocycles. The Morgan fingerprint density at radius 3 is 0.568 bits per heavy atom. The first-order chi connectivity index (χ1) is 38.7. The number of hydrogen-bond donors (Lipinski definition) is 22. The highest BCUT2D eigenvalue weighted by Crippen LogP contribution is 2.39. The Labute approximate surface area is 459 Å². The second-order valence-electron chi connectivity index (χ2n) is 20.8. The third kappa shape index (κ3) is 13.5. The van der Waals surface area contributed by atoms with E-state index in [0.29, 0.717) is 0 Å². The topological polar surface area (TPSA) is 566 Å². The van der Waals surface area contributed by atoms with Crippen LogP contribution in [0.25, 0.3) is 0 Å². The number of hydrogen-bond acceptors (Lipinski definition) is 36. The molecule has 472 valence electrons. The predicted molar refractivity (Wildman–Crippen MR) is 246 cm³/mol. The van der Waals surface area contributed by atoms with Crippen LogP contribution in [0.5, 0.6) is 0 Å². The summed E-state index contributed by atoms with van der Waals surface area (Å²) >= 11 is 0. The van der Waals surface area contributed by atoms with E-state index in [1.807, 2.05) is 0 Å². The van der Waals surface area contributed by atoms with Crippen molar-refractivity contribution >= 4 is 0 Å². The molecular formula is C45H77NO35. The van der Waals surface area contributed by atoms with E-state index in [-0.39, 0.29) is 26.1 Å². The van der Waals surface area contributed by atoms with E-state index < -0.39 is 255 Å². The van der Waals surface area contributed by atoms with Crippen molar-refractivity contribution in [3.05, 3.63) is 0 Å². The molecule has 22 N–H and O–H groups in total. The van der Waals surface area contributed by atoms with Gasteiger partial charge < -0.3 is 179 Å². The second kappa shape index (κ2) is 28.6. The average molecular weight is 1190 g/mol. The largest absolute Gasteiger partial charge is 0.396 e. The van der Waals surface area contributed by atoms with Gasteiger partial charge in [-0.1, -0.05) is 0 Å². The van der Waals surface area contributed by atoms with E-state index in [4.69, 9.17) is 66.3 Å². The molecule has 36 heteroatoms. The summed E-state index contributed by atoms with van der Waals surface area (Å²) in [6, 6.07) is 0. The van der Waals surface area contributed by atoms with Crippen LogP contribution in [0.3, 0.4) is 0 Å². The Balaban J connectivity index is 1.09. The first-order valence-corrected chi connectivity index (χ1v) is 26.3. The summed E-state index contributed by atoms with van der Waals surface area (Å²) in [5.41, 5.74) is 0. The Kier molecular flexibility index (Phi) is 23.1. The molecule has 0 unspecified atom stereocenters. The molecule has 21 aliphatic rings. The van der Waals surface area contributed by atoms with E-state index >= 15 is 0 Å². The lowest BCUT2D eigenvalue weighted by Gasteiger charge is -2.50. The van der Waals surface area contributed by atoms with Crippen molar-refractivity contribution in [2.45, 2.75) is 221 Å². The summed E-state index contributed by atoms with van der Waals surface area (Å²) < 4.78 is 80.7. The van der Waals surface area contributed by atoms with Gasteiger partial charge in [0, 0.05) is 13.2 Å². The van der Waals surface area contributed by atoms with Gasteiger partial charge in [-0.25, -0.2) is 0 Å². The number of aliphatic hydroxyl groups excluding tert-OH is 21.